The van der Waals surface area contributed by atoms with Crippen molar-refractivity contribution >= 4 is 5.91 Å². The van der Waals surface area contributed by atoms with Crippen LogP contribution in [-0.4, -0.2) is 31.8 Å². The zero-order chi connectivity index (χ0) is 19.7. The van der Waals surface area contributed by atoms with Crippen LogP contribution in [0.4, 0.5) is 4.39 Å². The summed E-state index contributed by atoms with van der Waals surface area (Å²) in [7, 11) is 1.67. The lowest BCUT2D eigenvalue weighted by molar-refractivity contribution is 0.0942. The molecule has 144 valence electrons. The molecule has 2 aromatic heterocycles. The molecule has 0 atom stereocenters. The molecule has 0 radical (unpaired) electrons. The molecule has 1 fully saturated rings. The van der Waals surface area contributed by atoms with E-state index >= 15 is 0 Å². The minimum atomic E-state index is -0.326. The maximum absolute atomic E-state index is 13.1. The van der Waals surface area contributed by atoms with Crippen molar-refractivity contribution in [2.75, 3.05) is 6.54 Å². The number of carbonyl (C=O) groups excluding carboxylic acids is 1. The van der Waals surface area contributed by atoms with Crippen molar-refractivity contribution in [3.05, 3.63) is 70.3 Å². The SMILES string of the molecule is Cn1nc(-c2ccc(F)cc2)cc1C(=O)NCCn1cnc(C2CC2)cc1=O. The lowest BCUT2D eigenvalue weighted by Gasteiger charge is -2.08. The fourth-order valence-electron chi connectivity index (χ4n) is 3.03. The van der Waals surface area contributed by atoms with Gasteiger partial charge in [0, 0.05) is 37.7 Å². The Hall–Kier alpha value is -3.29. The lowest BCUT2D eigenvalue weighted by atomic mass is 10.1. The fraction of sp³-hybridized carbons (Fsp3) is 0.300. The van der Waals surface area contributed by atoms with E-state index in [2.05, 4.69) is 15.4 Å². The maximum atomic E-state index is 13.1. The second-order valence-corrected chi connectivity index (χ2v) is 6.92. The highest BCUT2D eigenvalue weighted by Gasteiger charge is 2.25. The number of benzene rings is 1. The standard InChI is InChI=1S/C20H20FN5O2/c1-25-18(10-17(24-25)14-4-6-15(21)7-5-14)20(28)22-8-9-26-12-23-16(11-19(26)27)13-2-3-13/h4-7,10-13H,2-3,8-9H2,1H3,(H,22,28). The smallest absolute Gasteiger partial charge is 0.269 e. The van der Waals surface area contributed by atoms with E-state index < -0.39 is 0 Å². The van der Waals surface area contributed by atoms with Crippen LogP contribution in [0.2, 0.25) is 0 Å². The van der Waals surface area contributed by atoms with E-state index in [4.69, 9.17) is 0 Å². The molecule has 1 aliphatic carbocycles. The number of nitrogens with zero attached hydrogens (tertiary/aromatic N) is 4. The zero-order valence-corrected chi connectivity index (χ0v) is 15.4. The Kier molecular flexibility index (Phi) is 4.77. The first kappa shape index (κ1) is 18.1. The van der Waals surface area contributed by atoms with Crippen LogP contribution >= 0.6 is 0 Å². The Morgan fingerprint density at radius 3 is 2.68 bits per heavy atom. The van der Waals surface area contributed by atoms with Gasteiger partial charge in [0.2, 0.25) is 0 Å². The summed E-state index contributed by atoms with van der Waals surface area (Å²) >= 11 is 0. The molecule has 0 spiro atoms. The van der Waals surface area contributed by atoms with E-state index in [1.807, 2.05) is 0 Å². The molecule has 28 heavy (non-hydrogen) atoms. The van der Waals surface area contributed by atoms with Crippen LogP contribution in [-0.2, 0) is 13.6 Å². The van der Waals surface area contributed by atoms with Gasteiger partial charge >= 0.3 is 0 Å². The number of hydrogen-bond acceptors (Lipinski definition) is 4. The van der Waals surface area contributed by atoms with Crippen LogP contribution < -0.4 is 10.9 Å². The van der Waals surface area contributed by atoms with Gasteiger partial charge in [-0.15, -0.1) is 0 Å². The number of aromatic nitrogens is 4. The normalized spacial score (nSPS) is 13.5. The summed E-state index contributed by atoms with van der Waals surface area (Å²) in [5.41, 5.74) is 2.45. The number of nitrogens with one attached hydrogen (secondary N) is 1. The molecular weight excluding hydrogens is 361 g/mol. The third-order valence-corrected chi connectivity index (χ3v) is 4.79. The Bertz CT molecular complexity index is 1070. The summed E-state index contributed by atoms with van der Waals surface area (Å²) in [5, 5.41) is 7.10. The van der Waals surface area contributed by atoms with Crippen molar-refractivity contribution in [3.8, 4) is 11.3 Å². The quantitative estimate of drug-likeness (QED) is 0.709. The minimum absolute atomic E-state index is 0.106. The molecule has 0 saturated heterocycles. The van der Waals surface area contributed by atoms with Crippen LogP contribution in [0.5, 0.6) is 0 Å². The molecule has 0 aliphatic heterocycles. The number of rotatable bonds is 6. The van der Waals surface area contributed by atoms with Gasteiger partial charge in [0.05, 0.1) is 17.7 Å². The van der Waals surface area contributed by atoms with Crippen LogP contribution in [0.1, 0.15) is 34.9 Å². The van der Waals surface area contributed by atoms with Gasteiger partial charge in [0.1, 0.15) is 11.5 Å². The van der Waals surface area contributed by atoms with Gasteiger partial charge in [-0.05, 0) is 43.2 Å². The number of carbonyl (C=O) groups is 1. The monoisotopic (exact) mass is 381 g/mol. The predicted molar refractivity (Wildman–Crippen MR) is 101 cm³/mol. The Morgan fingerprint density at radius 1 is 1.25 bits per heavy atom. The molecule has 1 aliphatic rings. The summed E-state index contributed by atoms with van der Waals surface area (Å²) in [4.78, 5) is 28.9. The van der Waals surface area contributed by atoms with Crippen LogP contribution in [0, 0.1) is 5.82 Å². The third-order valence-electron chi connectivity index (χ3n) is 4.79. The molecular formula is C20H20FN5O2. The van der Waals surface area contributed by atoms with Crippen molar-refractivity contribution in [3.63, 3.8) is 0 Å². The van der Waals surface area contributed by atoms with Gasteiger partial charge in [-0.25, -0.2) is 9.37 Å². The van der Waals surface area contributed by atoms with Gasteiger partial charge in [-0.1, -0.05) is 0 Å². The topological polar surface area (TPSA) is 81.8 Å². The molecule has 1 N–H and O–H groups in total. The van der Waals surface area contributed by atoms with Crippen molar-refractivity contribution < 1.29 is 9.18 Å². The summed E-state index contributed by atoms with van der Waals surface area (Å²) < 4.78 is 16.0. The Labute approximate surface area is 160 Å². The number of aryl methyl sites for hydroxylation is 1. The Morgan fingerprint density at radius 2 is 2.00 bits per heavy atom. The first-order chi connectivity index (χ1) is 13.5. The number of amides is 1. The Balaban J connectivity index is 1.39. The van der Waals surface area contributed by atoms with Gasteiger partial charge in [0.25, 0.3) is 11.5 Å². The highest BCUT2D eigenvalue weighted by atomic mass is 19.1. The minimum Gasteiger partial charge on any atom is -0.349 e. The van der Waals surface area contributed by atoms with Gasteiger partial charge in [-0.2, -0.15) is 5.10 Å². The molecule has 2 heterocycles. The van der Waals surface area contributed by atoms with E-state index in [1.54, 1.807) is 37.6 Å². The molecule has 1 saturated carbocycles. The van der Waals surface area contributed by atoms with Gasteiger partial charge in [-0.3, -0.25) is 18.8 Å². The molecule has 3 aromatic rings. The molecule has 1 aromatic carbocycles. The van der Waals surface area contributed by atoms with Crippen molar-refractivity contribution in [1.82, 2.24) is 24.6 Å². The van der Waals surface area contributed by atoms with Crippen LogP contribution in [0.15, 0.2) is 47.5 Å². The molecule has 0 unspecified atom stereocenters. The second-order valence-electron chi connectivity index (χ2n) is 6.92. The van der Waals surface area contributed by atoms with E-state index in [9.17, 15) is 14.0 Å². The average Bonchev–Trinajstić information content (AvgIpc) is 3.45. The maximum Gasteiger partial charge on any atom is 0.269 e. The average molecular weight is 381 g/mol. The van der Waals surface area contributed by atoms with Crippen molar-refractivity contribution in [2.24, 2.45) is 7.05 Å². The van der Waals surface area contributed by atoms with Crippen LogP contribution in [0.25, 0.3) is 11.3 Å². The third kappa shape index (κ3) is 3.85. The molecule has 8 heteroatoms. The summed E-state index contributed by atoms with van der Waals surface area (Å²) in [6, 6.07) is 9.17. The highest BCUT2D eigenvalue weighted by Crippen LogP contribution is 2.38. The fourth-order valence-corrected chi connectivity index (χ4v) is 3.03. The first-order valence-corrected chi connectivity index (χ1v) is 9.16. The van der Waals surface area contributed by atoms with E-state index in [1.165, 1.54) is 21.4 Å². The summed E-state index contributed by atoms with van der Waals surface area (Å²) in [5.74, 6) is -0.186. The van der Waals surface area contributed by atoms with E-state index in [0.717, 1.165) is 24.1 Å². The number of halogens is 1. The van der Waals surface area contributed by atoms with Gasteiger partial charge in [0.15, 0.2) is 0 Å². The lowest BCUT2D eigenvalue weighted by Crippen LogP contribution is -2.32. The highest BCUT2D eigenvalue weighted by molar-refractivity contribution is 5.93. The van der Waals surface area contributed by atoms with Crippen LogP contribution in [0.3, 0.4) is 0 Å². The van der Waals surface area contributed by atoms with Crippen molar-refractivity contribution in [1.29, 1.82) is 0 Å². The van der Waals surface area contributed by atoms with E-state index in [-0.39, 0.29) is 17.3 Å². The molecule has 4 rings (SSSR count). The molecule has 0 bridgehead atoms. The second kappa shape index (κ2) is 7.38. The summed E-state index contributed by atoms with van der Waals surface area (Å²) in [6.07, 6.45) is 3.73. The first-order valence-electron chi connectivity index (χ1n) is 9.16. The predicted octanol–water partition coefficient (Wildman–Crippen LogP) is 2.09. The zero-order valence-electron chi connectivity index (χ0n) is 15.4. The van der Waals surface area contributed by atoms with Crippen molar-refractivity contribution in [2.45, 2.75) is 25.3 Å². The molecule has 1 amide bonds. The summed E-state index contributed by atoms with van der Waals surface area (Å²) in [6.45, 7) is 0.630. The molecule has 7 nitrogen and oxygen atoms in total. The van der Waals surface area contributed by atoms with E-state index in [0.29, 0.717) is 30.4 Å². The largest absolute Gasteiger partial charge is 0.349 e. The number of hydrogen-bond donors (Lipinski definition) is 1. The van der Waals surface area contributed by atoms with Gasteiger partial charge < -0.3 is 5.32 Å².